The summed E-state index contributed by atoms with van der Waals surface area (Å²) in [4.78, 5) is 2.60. The molecule has 1 aliphatic heterocycles. The fraction of sp³-hybridized carbons (Fsp3) is 0.647. The number of benzene rings is 1. The highest BCUT2D eigenvalue weighted by atomic mass is 15.1. The van der Waals surface area contributed by atoms with Gasteiger partial charge in [0, 0.05) is 12.6 Å². The Hall–Kier alpha value is -0.860. The molecular formula is C17H28N2. The van der Waals surface area contributed by atoms with Gasteiger partial charge >= 0.3 is 0 Å². The van der Waals surface area contributed by atoms with Crippen molar-refractivity contribution >= 4 is 0 Å². The van der Waals surface area contributed by atoms with Crippen molar-refractivity contribution in [3.8, 4) is 0 Å². The van der Waals surface area contributed by atoms with E-state index in [1.54, 1.807) is 0 Å². The van der Waals surface area contributed by atoms with Crippen molar-refractivity contribution < 1.29 is 0 Å². The molecular weight excluding hydrogens is 232 g/mol. The van der Waals surface area contributed by atoms with Gasteiger partial charge in [-0.2, -0.15) is 0 Å². The predicted molar refractivity (Wildman–Crippen MR) is 82.3 cm³/mol. The van der Waals surface area contributed by atoms with Gasteiger partial charge in [0.25, 0.3) is 0 Å². The van der Waals surface area contributed by atoms with Gasteiger partial charge in [-0.1, -0.05) is 36.8 Å². The molecule has 0 amide bonds. The van der Waals surface area contributed by atoms with Crippen LogP contribution in [-0.2, 0) is 6.54 Å². The van der Waals surface area contributed by atoms with E-state index in [1.165, 1.54) is 37.1 Å². The monoisotopic (exact) mass is 260 g/mol. The Labute approximate surface area is 118 Å². The molecule has 2 rings (SSSR count). The molecule has 19 heavy (non-hydrogen) atoms. The van der Waals surface area contributed by atoms with E-state index in [9.17, 15) is 0 Å². The first-order chi connectivity index (χ1) is 9.19. The average Bonchev–Trinajstić information content (AvgIpc) is 2.42. The van der Waals surface area contributed by atoms with Gasteiger partial charge in [-0.3, -0.25) is 4.90 Å². The third kappa shape index (κ3) is 4.32. The molecule has 1 fully saturated rings. The van der Waals surface area contributed by atoms with Gasteiger partial charge in [-0.05, 0) is 57.8 Å². The number of hydrogen-bond acceptors (Lipinski definition) is 2. The first-order valence-electron chi connectivity index (χ1n) is 7.70. The quantitative estimate of drug-likeness (QED) is 0.874. The summed E-state index contributed by atoms with van der Waals surface area (Å²) in [5, 5.41) is 3.57. The van der Waals surface area contributed by atoms with E-state index in [2.05, 4.69) is 55.3 Å². The van der Waals surface area contributed by atoms with Crippen molar-refractivity contribution in [3.63, 3.8) is 0 Å². The summed E-state index contributed by atoms with van der Waals surface area (Å²) < 4.78 is 0. The van der Waals surface area contributed by atoms with Crippen LogP contribution in [-0.4, -0.2) is 30.6 Å². The lowest BCUT2D eigenvalue weighted by molar-refractivity contribution is 0.157. The first-order valence-corrected chi connectivity index (χ1v) is 7.70. The smallest absolute Gasteiger partial charge is 0.0233 e. The van der Waals surface area contributed by atoms with E-state index in [-0.39, 0.29) is 0 Å². The minimum Gasteiger partial charge on any atom is -0.314 e. The number of piperidine rings is 1. The maximum atomic E-state index is 3.57. The first kappa shape index (κ1) is 14.5. The second-order valence-corrected chi connectivity index (χ2v) is 5.95. The van der Waals surface area contributed by atoms with Crippen LogP contribution in [0.1, 0.15) is 37.8 Å². The summed E-state index contributed by atoms with van der Waals surface area (Å²) in [7, 11) is 0. The molecule has 0 aliphatic carbocycles. The van der Waals surface area contributed by atoms with Gasteiger partial charge in [0.05, 0.1) is 0 Å². The molecule has 0 bridgehead atoms. The standard InChI is InChI=1S/C17H28N2/c1-4-18-15(3)17-9-11-19(12-10-17)13-16-7-5-14(2)6-8-16/h5-8,15,17-18H,4,9-13H2,1-3H3. The summed E-state index contributed by atoms with van der Waals surface area (Å²) in [5.74, 6) is 0.856. The number of likely N-dealkylation sites (tertiary alicyclic amines) is 1. The van der Waals surface area contributed by atoms with Crippen LogP contribution >= 0.6 is 0 Å². The van der Waals surface area contributed by atoms with Crippen LogP contribution in [0.5, 0.6) is 0 Å². The molecule has 1 aromatic rings. The van der Waals surface area contributed by atoms with Crippen molar-refractivity contribution in [3.05, 3.63) is 35.4 Å². The van der Waals surface area contributed by atoms with Crippen LogP contribution in [0.25, 0.3) is 0 Å². The Morgan fingerprint density at radius 2 is 1.84 bits per heavy atom. The number of rotatable bonds is 5. The lowest BCUT2D eigenvalue weighted by Gasteiger charge is -2.35. The Morgan fingerprint density at radius 1 is 1.21 bits per heavy atom. The highest BCUT2D eigenvalue weighted by Gasteiger charge is 2.23. The van der Waals surface area contributed by atoms with E-state index in [0.717, 1.165) is 19.0 Å². The molecule has 1 aromatic carbocycles. The molecule has 106 valence electrons. The summed E-state index contributed by atoms with van der Waals surface area (Å²) >= 11 is 0. The largest absolute Gasteiger partial charge is 0.314 e. The van der Waals surface area contributed by atoms with Crippen molar-refractivity contribution in [1.29, 1.82) is 0 Å². The fourth-order valence-corrected chi connectivity index (χ4v) is 3.05. The van der Waals surface area contributed by atoms with Crippen LogP contribution in [0, 0.1) is 12.8 Å². The van der Waals surface area contributed by atoms with Gasteiger partial charge in [0.15, 0.2) is 0 Å². The van der Waals surface area contributed by atoms with Gasteiger partial charge in [-0.25, -0.2) is 0 Å². The Kier molecular flexibility index (Phi) is 5.41. The number of aryl methyl sites for hydroxylation is 1. The highest BCUT2D eigenvalue weighted by molar-refractivity contribution is 5.21. The van der Waals surface area contributed by atoms with E-state index >= 15 is 0 Å². The van der Waals surface area contributed by atoms with Crippen molar-refractivity contribution in [2.45, 2.75) is 46.2 Å². The Balaban J connectivity index is 1.78. The average molecular weight is 260 g/mol. The molecule has 2 nitrogen and oxygen atoms in total. The minimum atomic E-state index is 0.673. The molecule has 1 heterocycles. The second-order valence-electron chi connectivity index (χ2n) is 5.95. The topological polar surface area (TPSA) is 15.3 Å². The number of nitrogens with zero attached hydrogens (tertiary/aromatic N) is 1. The summed E-state index contributed by atoms with van der Waals surface area (Å²) in [6.45, 7) is 11.4. The normalized spacial score (nSPS) is 19.5. The third-order valence-electron chi connectivity index (χ3n) is 4.39. The molecule has 1 atom stereocenters. The zero-order valence-corrected chi connectivity index (χ0v) is 12.7. The van der Waals surface area contributed by atoms with E-state index in [1.807, 2.05) is 0 Å². The van der Waals surface area contributed by atoms with Crippen LogP contribution in [0.4, 0.5) is 0 Å². The van der Waals surface area contributed by atoms with E-state index in [4.69, 9.17) is 0 Å². The lowest BCUT2D eigenvalue weighted by atomic mass is 9.90. The molecule has 0 radical (unpaired) electrons. The lowest BCUT2D eigenvalue weighted by Crippen LogP contribution is -2.41. The van der Waals surface area contributed by atoms with Crippen molar-refractivity contribution in [2.24, 2.45) is 5.92 Å². The van der Waals surface area contributed by atoms with Crippen LogP contribution in [0.2, 0.25) is 0 Å². The van der Waals surface area contributed by atoms with E-state index in [0.29, 0.717) is 6.04 Å². The Morgan fingerprint density at radius 3 is 2.42 bits per heavy atom. The fourth-order valence-electron chi connectivity index (χ4n) is 3.05. The molecule has 2 heteroatoms. The number of nitrogens with one attached hydrogen (secondary N) is 1. The molecule has 0 saturated carbocycles. The molecule has 1 saturated heterocycles. The maximum Gasteiger partial charge on any atom is 0.0233 e. The molecule has 1 aliphatic rings. The van der Waals surface area contributed by atoms with E-state index < -0.39 is 0 Å². The van der Waals surface area contributed by atoms with Gasteiger partial charge in [-0.15, -0.1) is 0 Å². The molecule has 0 aromatic heterocycles. The van der Waals surface area contributed by atoms with Crippen molar-refractivity contribution in [2.75, 3.05) is 19.6 Å². The van der Waals surface area contributed by atoms with Crippen molar-refractivity contribution in [1.82, 2.24) is 10.2 Å². The SMILES string of the molecule is CCNC(C)C1CCN(Cc2ccc(C)cc2)CC1. The third-order valence-corrected chi connectivity index (χ3v) is 4.39. The zero-order chi connectivity index (χ0) is 13.7. The minimum absolute atomic E-state index is 0.673. The van der Waals surface area contributed by atoms with Crippen LogP contribution < -0.4 is 5.32 Å². The summed E-state index contributed by atoms with van der Waals surface area (Å²) in [6, 6.07) is 9.64. The number of hydrogen-bond donors (Lipinski definition) is 1. The Bertz CT molecular complexity index is 363. The van der Waals surface area contributed by atoms with Crippen LogP contribution in [0.15, 0.2) is 24.3 Å². The van der Waals surface area contributed by atoms with Gasteiger partial charge in [0.1, 0.15) is 0 Å². The highest BCUT2D eigenvalue weighted by Crippen LogP contribution is 2.22. The zero-order valence-electron chi connectivity index (χ0n) is 12.7. The second kappa shape index (κ2) is 7.06. The molecule has 1 unspecified atom stereocenters. The summed E-state index contributed by atoms with van der Waals surface area (Å²) in [5.41, 5.74) is 2.80. The summed E-state index contributed by atoms with van der Waals surface area (Å²) in [6.07, 6.45) is 2.67. The van der Waals surface area contributed by atoms with Gasteiger partial charge < -0.3 is 5.32 Å². The van der Waals surface area contributed by atoms with Crippen LogP contribution in [0.3, 0.4) is 0 Å². The molecule has 0 spiro atoms. The molecule has 1 N–H and O–H groups in total. The predicted octanol–water partition coefficient (Wildman–Crippen LogP) is 3.21. The maximum absolute atomic E-state index is 3.57. The van der Waals surface area contributed by atoms with Gasteiger partial charge in [0.2, 0.25) is 0 Å².